The summed E-state index contributed by atoms with van der Waals surface area (Å²) in [6, 6.07) is 25.2. The molecule has 31 heavy (non-hydrogen) atoms. The van der Waals surface area contributed by atoms with Crippen LogP contribution >= 0.6 is 0 Å². The molecule has 0 fully saturated rings. The van der Waals surface area contributed by atoms with Crippen LogP contribution in [0.15, 0.2) is 84.9 Å². The summed E-state index contributed by atoms with van der Waals surface area (Å²) in [6.07, 6.45) is 0. The van der Waals surface area contributed by atoms with Crippen molar-refractivity contribution in [2.24, 2.45) is 0 Å². The number of carbonyl (C=O) groups is 3. The maximum Gasteiger partial charge on any atom is 0.344 e. The lowest BCUT2D eigenvalue weighted by Gasteiger charge is -2.20. The fourth-order valence-corrected chi connectivity index (χ4v) is 2.99. The van der Waals surface area contributed by atoms with Crippen LogP contribution in [0.3, 0.4) is 0 Å². The minimum atomic E-state index is -0.681. The number of benzene rings is 3. The molecule has 0 unspecified atom stereocenters. The van der Waals surface area contributed by atoms with E-state index < -0.39 is 18.5 Å². The van der Waals surface area contributed by atoms with Crippen molar-refractivity contribution in [1.82, 2.24) is 5.32 Å². The minimum absolute atomic E-state index is 0.101. The van der Waals surface area contributed by atoms with Crippen LogP contribution in [0, 0.1) is 0 Å². The molecular formula is C25H23NO5. The van der Waals surface area contributed by atoms with Crippen LogP contribution in [-0.2, 0) is 14.3 Å². The molecule has 6 nitrogen and oxygen atoms in total. The van der Waals surface area contributed by atoms with Gasteiger partial charge in [-0.25, -0.2) is 4.79 Å². The molecule has 1 N–H and O–H groups in total. The van der Waals surface area contributed by atoms with Gasteiger partial charge >= 0.3 is 5.97 Å². The summed E-state index contributed by atoms with van der Waals surface area (Å²) < 4.78 is 10.4. The van der Waals surface area contributed by atoms with Gasteiger partial charge in [0, 0.05) is 5.56 Å². The first kappa shape index (κ1) is 21.8. The fourth-order valence-electron chi connectivity index (χ4n) is 2.99. The van der Waals surface area contributed by atoms with Crippen molar-refractivity contribution in [2.75, 3.05) is 13.2 Å². The average Bonchev–Trinajstić information content (AvgIpc) is 2.81. The second-order valence-corrected chi connectivity index (χ2v) is 6.86. The Balaban J connectivity index is 1.54. The number of hydrogen-bond donors (Lipinski definition) is 1. The number of carbonyl (C=O) groups excluding carboxylic acids is 3. The van der Waals surface area contributed by atoms with E-state index in [-0.39, 0.29) is 18.4 Å². The van der Waals surface area contributed by atoms with Gasteiger partial charge in [0.1, 0.15) is 5.75 Å². The molecule has 158 valence electrons. The predicted molar refractivity (Wildman–Crippen MR) is 116 cm³/mol. The van der Waals surface area contributed by atoms with Gasteiger partial charge in [0.05, 0.1) is 6.04 Å². The number of esters is 1. The molecule has 0 aliphatic carbocycles. The molecule has 0 aliphatic heterocycles. The van der Waals surface area contributed by atoms with E-state index in [4.69, 9.17) is 9.47 Å². The Morgan fingerprint density at radius 2 is 1.42 bits per heavy atom. The van der Waals surface area contributed by atoms with Crippen LogP contribution in [0.1, 0.15) is 34.5 Å². The molecular weight excluding hydrogens is 394 g/mol. The van der Waals surface area contributed by atoms with Gasteiger partial charge in [-0.3, -0.25) is 9.59 Å². The van der Waals surface area contributed by atoms with Gasteiger partial charge in [-0.2, -0.15) is 0 Å². The van der Waals surface area contributed by atoms with Gasteiger partial charge in [0.2, 0.25) is 0 Å². The van der Waals surface area contributed by atoms with E-state index in [9.17, 15) is 14.4 Å². The molecule has 0 saturated heterocycles. The largest absolute Gasteiger partial charge is 0.482 e. The molecule has 0 spiro atoms. The van der Waals surface area contributed by atoms with Gasteiger partial charge in [0.25, 0.3) is 5.91 Å². The van der Waals surface area contributed by atoms with Crippen LogP contribution in [0.2, 0.25) is 0 Å². The molecule has 3 aromatic rings. The van der Waals surface area contributed by atoms with E-state index in [1.54, 1.807) is 24.3 Å². The molecule has 0 aliphatic rings. The highest BCUT2D eigenvalue weighted by Crippen LogP contribution is 2.21. The van der Waals surface area contributed by atoms with Crippen molar-refractivity contribution in [1.29, 1.82) is 0 Å². The zero-order chi connectivity index (χ0) is 22.1. The monoisotopic (exact) mass is 417 g/mol. The van der Waals surface area contributed by atoms with Crippen LogP contribution in [0.4, 0.5) is 0 Å². The quantitative estimate of drug-likeness (QED) is 0.424. The Hall–Kier alpha value is -3.93. The van der Waals surface area contributed by atoms with Crippen molar-refractivity contribution < 1.29 is 23.9 Å². The molecule has 0 aromatic heterocycles. The molecule has 0 radical (unpaired) electrons. The number of ketones is 1. The number of nitrogens with one attached hydrogen (secondary N) is 1. The van der Waals surface area contributed by atoms with E-state index in [2.05, 4.69) is 5.32 Å². The normalized spacial score (nSPS) is 10.4. The highest BCUT2D eigenvalue weighted by atomic mass is 16.6. The lowest BCUT2D eigenvalue weighted by atomic mass is 9.99. The van der Waals surface area contributed by atoms with Crippen molar-refractivity contribution in [3.63, 3.8) is 0 Å². The fraction of sp³-hybridized carbons (Fsp3) is 0.160. The van der Waals surface area contributed by atoms with Crippen molar-refractivity contribution in [3.8, 4) is 5.75 Å². The number of rotatable bonds is 9. The van der Waals surface area contributed by atoms with E-state index in [0.29, 0.717) is 11.3 Å². The maximum absolute atomic E-state index is 12.4. The lowest BCUT2D eigenvalue weighted by Crippen LogP contribution is -2.33. The third-order valence-corrected chi connectivity index (χ3v) is 4.53. The molecule has 0 saturated carbocycles. The second kappa shape index (κ2) is 10.7. The van der Waals surface area contributed by atoms with E-state index in [1.165, 1.54) is 6.92 Å². The molecule has 6 heteroatoms. The predicted octanol–water partition coefficient (Wildman–Crippen LogP) is 3.72. The number of Topliss-reactive ketones (excluding diaryl/α,β-unsaturated/α-hetero) is 1. The zero-order valence-corrected chi connectivity index (χ0v) is 17.1. The zero-order valence-electron chi connectivity index (χ0n) is 17.1. The van der Waals surface area contributed by atoms with Crippen LogP contribution in [0.5, 0.6) is 5.75 Å². The number of ether oxygens (including phenoxy) is 2. The summed E-state index contributed by atoms with van der Waals surface area (Å²) in [5, 5.41) is 2.90. The van der Waals surface area contributed by atoms with Crippen molar-refractivity contribution in [2.45, 2.75) is 13.0 Å². The SMILES string of the molecule is CC(=O)c1cccc(OCC(=O)OCC(=O)NC(c2ccccc2)c2ccccc2)c1. The van der Waals surface area contributed by atoms with Gasteiger partial charge < -0.3 is 14.8 Å². The van der Waals surface area contributed by atoms with Crippen LogP contribution in [-0.4, -0.2) is 30.9 Å². The third-order valence-electron chi connectivity index (χ3n) is 4.53. The molecule has 3 rings (SSSR count). The smallest absolute Gasteiger partial charge is 0.344 e. The first-order valence-electron chi connectivity index (χ1n) is 9.81. The lowest BCUT2D eigenvalue weighted by molar-refractivity contribution is -0.150. The van der Waals surface area contributed by atoms with Gasteiger partial charge in [0.15, 0.2) is 19.0 Å². The van der Waals surface area contributed by atoms with E-state index >= 15 is 0 Å². The minimum Gasteiger partial charge on any atom is -0.482 e. The van der Waals surface area contributed by atoms with Gasteiger partial charge in [-0.15, -0.1) is 0 Å². The van der Waals surface area contributed by atoms with Crippen molar-refractivity contribution >= 4 is 17.7 Å². The van der Waals surface area contributed by atoms with E-state index in [0.717, 1.165) is 11.1 Å². The highest BCUT2D eigenvalue weighted by Gasteiger charge is 2.17. The summed E-state index contributed by atoms with van der Waals surface area (Å²) in [6.45, 7) is 0.658. The number of amides is 1. The first-order valence-corrected chi connectivity index (χ1v) is 9.81. The average molecular weight is 417 g/mol. The summed E-state index contributed by atoms with van der Waals surface area (Å²) >= 11 is 0. The summed E-state index contributed by atoms with van der Waals surface area (Å²) in [5.41, 5.74) is 2.32. The maximum atomic E-state index is 12.4. The first-order chi connectivity index (χ1) is 15.0. The molecule has 3 aromatic carbocycles. The Morgan fingerprint density at radius 3 is 2.00 bits per heavy atom. The Bertz CT molecular complexity index is 995. The highest BCUT2D eigenvalue weighted by molar-refractivity contribution is 5.94. The van der Waals surface area contributed by atoms with E-state index in [1.807, 2.05) is 60.7 Å². The van der Waals surface area contributed by atoms with Crippen LogP contribution in [0.25, 0.3) is 0 Å². The standard InChI is InChI=1S/C25H23NO5/c1-18(27)21-13-8-14-22(15-21)30-17-24(29)31-16-23(28)26-25(19-9-4-2-5-10-19)20-11-6-3-7-12-20/h2-15,25H,16-17H2,1H3,(H,26,28). The topological polar surface area (TPSA) is 81.7 Å². The summed E-state index contributed by atoms with van der Waals surface area (Å²) in [7, 11) is 0. The Kier molecular flexibility index (Phi) is 7.54. The van der Waals surface area contributed by atoms with Gasteiger partial charge in [-0.1, -0.05) is 72.8 Å². The summed E-state index contributed by atoms with van der Waals surface area (Å²) in [5.74, 6) is -0.831. The second-order valence-electron chi connectivity index (χ2n) is 6.86. The third kappa shape index (κ3) is 6.54. The molecule has 0 heterocycles. The molecule has 0 bridgehead atoms. The molecule has 0 atom stereocenters. The Morgan fingerprint density at radius 1 is 0.806 bits per heavy atom. The number of hydrogen-bond acceptors (Lipinski definition) is 5. The van der Waals surface area contributed by atoms with Crippen LogP contribution < -0.4 is 10.1 Å². The van der Waals surface area contributed by atoms with Crippen molar-refractivity contribution in [3.05, 3.63) is 102 Å². The Labute approximate surface area is 180 Å². The molecule has 1 amide bonds. The van der Waals surface area contributed by atoms with Gasteiger partial charge in [-0.05, 0) is 30.2 Å². The summed E-state index contributed by atoms with van der Waals surface area (Å²) in [4.78, 5) is 35.8.